The maximum Gasteiger partial charge on any atom is 0.329 e. The van der Waals surface area contributed by atoms with E-state index in [1.54, 1.807) is 12.0 Å². The Hall–Kier alpha value is -3.35. The summed E-state index contributed by atoms with van der Waals surface area (Å²) in [7, 11) is 1.59. The van der Waals surface area contributed by atoms with E-state index in [2.05, 4.69) is 32.2 Å². The average molecular weight is 406 g/mol. The fourth-order valence-corrected chi connectivity index (χ4v) is 3.71. The summed E-state index contributed by atoms with van der Waals surface area (Å²) in [4.78, 5) is 15.1. The number of fused-ring (bicyclic) bond motifs is 1. The predicted molar refractivity (Wildman–Crippen MR) is 117 cm³/mol. The molecule has 7 heteroatoms. The van der Waals surface area contributed by atoms with E-state index in [0.29, 0.717) is 23.9 Å². The summed E-state index contributed by atoms with van der Waals surface area (Å²) in [6, 6.07) is 15.3. The second kappa shape index (κ2) is 8.98. The van der Waals surface area contributed by atoms with Crippen molar-refractivity contribution in [3.8, 4) is 5.75 Å². The van der Waals surface area contributed by atoms with E-state index in [-0.39, 0.29) is 6.03 Å². The Morgan fingerprint density at radius 2 is 1.90 bits per heavy atom. The van der Waals surface area contributed by atoms with Crippen molar-refractivity contribution >= 4 is 17.7 Å². The Bertz CT molecular complexity index is 1010. The molecule has 0 atom stereocenters. The van der Waals surface area contributed by atoms with E-state index in [9.17, 15) is 4.79 Å². The maximum atomic E-state index is 13.4. The fraction of sp³-hybridized carbons (Fsp3) is 0.348. The number of methoxy groups -OCH3 is 1. The first kappa shape index (κ1) is 19.9. The van der Waals surface area contributed by atoms with Gasteiger partial charge in [-0.2, -0.15) is 0 Å². The van der Waals surface area contributed by atoms with Crippen molar-refractivity contribution < 1.29 is 9.53 Å². The monoisotopic (exact) mass is 405 g/mol. The molecule has 0 saturated heterocycles. The fourth-order valence-electron chi connectivity index (χ4n) is 3.71. The molecular weight excluding hydrogens is 378 g/mol. The zero-order valence-corrected chi connectivity index (χ0v) is 17.5. The number of para-hydroxylation sites is 2. The molecule has 0 aliphatic carbocycles. The van der Waals surface area contributed by atoms with Crippen LogP contribution in [-0.2, 0) is 19.5 Å². The van der Waals surface area contributed by atoms with Crippen molar-refractivity contribution in [2.75, 3.05) is 17.3 Å². The quantitative estimate of drug-likeness (QED) is 0.675. The maximum absolute atomic E-state index is 13.4. The largest absolute Gasteiger partial charge is 0.495 e. The Balaban J connectivity index is 1.67. The number of benzene rings is 2. The van der Waals surface area contributed by atoms with Gasteiger partial charge in [-0.3, -0.25) is 9.47 Å². The lowest BCUT2D eigenvalue weighted by Gasteiger charge is -2.23. The van der Waals surface area contributed by atoms with Gasteiger partial charge in [-0.1, -0.05) is 48.4 Å². The van der Waals surface area contributed by atoms with Crippen LogP contribution in [0.25, 0.3) is 0 Å². The van der Waals surface area contributed by atoms with E-state index in [4.69, 9.17) is 4.74 Å². The lowest BCUT2D eigenvalue weighted by molar-refractivity contribution is 0.256. The predicted octanol–water partition coefficient (Wildman–Crippen LogP) is 4.56. The van der Waals surface area contributed by atoms with Gasteiger partial charge in [0, 0.05) is 13.0 Å². The minimum absolute atomic E-state index is 0.264. The number of aromatic nitrogens is 3. The summed E-state index contributed by atoms with van der Waals surface area (Å²) >= 11 is 0. The third-order valence-corrected chi connectivity index (χ3v) is 5.39. The average Bonchev–Trinajstić information content (AvgIpc) is 3.00. The molecule has 3 aromatic rings. The number of hydrogen-bond acceptors (Lipinski definition) is 4. The smallest absolute Gasteiger partial charge is 0.329 e. The molecule has 2 aromatic carbocycles. The van der Waals surface area contributed by atoms with Crippen LogP contribution in [-0.4, -0.2) is 27.9 Å². The minimum atomic E-state index is -0.264. The molecule has 30 heavy (non-hydrogen) atoms. The number of carbonyl (C=O) groups excluding carboxylic acids is 1. The zero-order chi connectivity index (χ0) is 20.9. The van der Waals surface area contributed by atoms with Gasteiger partial charge in [-0.05, 0) is 37.5 Å². The molecule has 1 aromatic heterocycles. The lowest BCUT2D eigenvalue weighted by Crippen LogP contribution is -2.36. The standard InChI is InChI=1S/C23H27N5O2/c1-17-11-13-18(14-12-17)16-28(22-26-25-21-10-4-3-7-15-27(21)22)23(29)24-19-8-5-6-9-20(19)30-2/h5-6,8-9,11-14H,3-4,7,10,15-16H2,1-2H3,(H,24,29). The van der Waals surface area contributed by atoms with Crippen molar-refractivity contribution in [2.45, 2.75) is 45.7 Å². The number of hydrogen-bond donors (Lipinski definition) is 1. The van der Waals surface area contributed by atoms with E-state index in [1.165, 1.54) is 5.56 Å². The molecule has 0 spiro atoms. The van der Waals surface area contributed by atoms with Crippen molar-refractivity contribution in [3.05, 3.63) is 65.5 Å². The summed E-state index contributed by atoms with van der Waals surface area (Å²) in [5, 5.41) is 11.8. The highest BCUT2D eigenvalue weighted by Gasteiger charge is 2.25. The normalized spacial score (nSPS) is 13.3. The van der Waals surface area contributed by atoms with Gasteiger partial charge in [0.2, 0.25) is 5.95 Å². The van der Waals surface area contributed by atoms with Gasteiger partial charge >= 0.3 is 6.03 Å². The number of nitrogens with one attached hydrogen (secondary N) is 1. The second-order valence-electron chi connectivity index (χ2n) is 7.58. The first-order chi connectivity index (χ1) is 14.7. The summed E-state index contributed by atoms with van der Waals surface area (Å²) in [6.45, 7) is 3.28. The molecule has 2 amide bonds. The van der Waals surface area contributed by atoms with Crippen LogP contribution in [0.1, 0.15) is 36.2 Å². The third-order valence-electron chi connectivity index (χ3n) is 5.39. The highest BCUT2D eigenvalue weighted by molar-refractivity contribution is 6.01. The van der Waals surface area contributed by atoms with Crippen LogP contribution in [0.5, 0.6) is 5.75 Å². The van der Waals surface area contributed by atoms with Crippen LogP contribution in [0.15, 0.2) is 48.5 Å². The molecule has 1 aliphatic heterocycles. The molecule has 7 nitrogen and oxygen atoms in total. The first-order valence-corrected chi connectivity index (χ1v) is 10.3. The van der Waals surface area contributed by atoms with E-state index in [1.807, 2.05) is 43.3 Å². The molecule has 0 unspecified atom stereocenters. The topological polar surface area (TPSA) is 72.3 Å². The lowest BCUT2D eigenvalue weighted by atomic mass is 10.1. The van der Waals surface area contributed by atoms with Gasteiger partial charge in [0.1, 0.15) is 11.6 Å². The van der Waals surface area contributed by atoms with Crippen LogP contribution >= 0.6 is 0 Å². The van der Waals surface area contributed by atoms with Crippen molar-refractivity contribution in [2.24, 2.45) is 0 Å². The molecule has 156 valence electrons. The van der Waals surface area contributed by atoms with Gasteiger partial charge in [0.15, 0.2) is 0 Å². The summed E-state index contributed by atoms with van der Waals surface area (Å²) in [5.41, 5.74) is 2.83. The number of urea groups is 1. The number of carbonyl (C=O) groups is 1. The number of anilines is 2. The molecule has 0 saturated carbocycles. The number of aryl methyl sites for hydroxylation is 2. The first-order valence-electron chi connectivity index (χ1n) is 10.3. The SMILES string of the molecule is COc1ccccc1NC(=O)N(Cc1ccc(C)cc1)c1nnc2n1CCCCC2. The number of ether oxygens (including phenoxy) is 1. The summed E-state index contributed by atoms with van der Waals surface area (Å²) in [6.07, 6.45) is 4.21. The van der Waals surface area contributed by atoms with Gasteiger partial charge in [0.25, 0.3) is 0 Å². The van der Waals surface area contributed by atoms with Crippen LogP contribution in [0, 0.1) is 6.92 Å². The Morgan fingerprint density at radius 1 is 1.10 bits per heavy atom. The number of rotatable bonds is 5. The van der Waals surface area contributed by atoms with Gasteiger partial charge in [-0.25, -0.2) is 4.79 Å². The Labute approximate surface area is 176 Å². The second-order valence-corrected chi connectivity index (χ2v) is 7.58. The number of amides is 2. The Kier molecular flexibility index (Phi) is 5.97. The molecule has 0 radical (unpaired) electrons. The van der Waals surface area contributed by atoms with Gasteiger partial charge in [-0.15, -0.1) is 10.2 Å². The zero-order valence-electron chi connectivity index (χ0n) is 17.5. The van der Waals surface area contributed by atoms with E-state index in [0.717, 1.165) is 43.6 Å². The minimum Gasteiger partial charge on any atom is -0.495 e. The van der Waals surface area contributed by atoms with Crippen molar-refractivity contribution in [1.29, 1.82) is 0 Å². The third kappa shape index (κ3) is 4.30. The molecule has 2 heterocycles. The van der Waals surface area contributed by atoms with Crippen LogP contribution in [0.3, 0.4) is 0 Å². The number of nitrogens with zero attached hydrogens (tertiary/aromatic N) is 4. The summed E-state index contributed by atoms with van der Waals surface area (Å²) in [5.74, 6) is 2.14. The molecule has 0 fully saturated rings. The van der Waals surface area contributed by atoms with Crippen LogP contribution in [0.2, 0.25) is 0 Å². The van der Waals surface area contributed by atoms with Crippen molar-refractivity contribution in [1.82, 2.24) is 14.8 Å². The van der Waals surface area contributed by atoms with Crippen molar-refractivity contribution in [3.63, 3.8) is 0 Å². The highest BCUT2D eigenvalue weighted by Crippen LogP contribution is 2.26. The molecule has 1 aliphatic rings. The summed E-state index contributed by atoms with van der Waals surface area (Å²) < 4.78 is 7.48. The molecular formula is C23H27N5O2. The molecule has 1 N–H and O–H groups in total. The van der Waals surface area contributed by atoms with Gasteiger partial charge in [0.05, 0.1) is 19.3 Å². The molecule has 4 rings (SSSR count). The van der Waals surface area contributed by atoms with Gasteiger partial charge < -0.3 is 10.1 Å². The van der Waals surface area contributed by atoms with Crippen LogP contribution in [0.4, 0.5) is 16.4 Å². The van der Waals surface area contributed by atoms with Crippen LogP contribution < -0.4 is 15.0 Å². The molecule has 0 bridgehead atoms. The highest BCUT2D eigenvalue weighted by atomic mass is 16.5. The van der Waals surface area contributed by atoms with E-state index >= 15 is 0 Å². The Morgan fingerprint density at radius 3 is 2.70 bits per heavy atom. The van der Waals surface area contributed by atoms with E-state index < -0.39 is 0 Å².